The van der Waals surface area contributed by atoms with Crippen LogP contribution in [-0.2, 0) is 4.79 Å². The number of amides is 1. The molecule has 0 aromatic heterocycles. The second kappa shape index (κ2) is 9.63. The summed E-state index contributed by atoms with van der Waals surface area (Å²) in [6.45, 7) is 2.76. The Morgan fingerprint density at radius 3 is 2.41 bits per heavy atom. The lowest BCUT2D eigenvalue weighted by atomic mass is 10.2. The number of hydrogen-bond acceptors (Lipinski definition) is 5. The third kappa shape index (κ3) is 6.56. The van der Waals surface area contributed by atoms with Gasteiger partial charge in [0.1, 0.15) is 11.6 Å². The zero-order valence-corrected chi connectivity index (χ0v) is 10.0. The van der Waals surface area contributed by atoms with Gasteiger partial charge < -0.3 is 20.4 Å². The average molecular weight is 241 g/mol. The van der Waals surface area contributed by atoms with Crippen LogP contribution in [0.4, 0.5) is 0 Å². The van der Waals surface area contributed by atoms with Crippen molar-refractivity contribution < 1.29 is 15.0 Å². The van der Waals surface area contributed by atoms with Crippen molar-refractivity contribution in [3.05, 3.63) is 11.8 Å². The SMILES string of the molecule is CCCNC(=O)/C(C#N)=C\N(CCO)CCO. The molecule has 1 amide bonds. The van der Waals surface area contributed by atoms with Crippen LogP contribution in [0.2, 0.25) is 0 Å². The third-order valence-electron chi connectivity index (χ3n) is 1.99. The molecule has 0 fully saturated rings. The zero-order valence-electron chi connectivity index (χ0n) is 10.0. The summed E-state index contributed by atoms with van der Waals surface area (Å²) in [5.74, 6) is -0.435. The van der Waals surface area contributed by atoms with Gasteiger partial charge in [-0.15, -0.1) is 0 Å². The fourth-order valence-electron chi connectivity index (χ4n) is 1.15. The van der Waals surface area contributed by atoms with Crippen molar-refractivity contribution in [3.63, 3.8) is 0 Å². The highest BCUT2D eigenvalue weighted by atomic mass is 16.3. The molecule has 0 rings (SSSR count). The molecule has 0 bridgehead atoms. The minimum atomic E-state index is -0.435. The molecular weight excluding hydrogens is 222 g/mol. The first kappa shape index (κ1) is 15.4. The van der Waals surface area contributed by atoms with Gasteiger partial charge in [-0.05, 0) is 6.42 Å². The summed E-state index contributed by atoms with van der Waals surface area (Å²) in [4.78, 5) is 13.1. The van der Waals surface area contributed by atoms with E-state index < -0.39 is 5.91 Å². The van der Waals surface area contributed by atoms with Crippen molar-refractivity contribution >= 4 is 5.91 Å². The molecule has 6 heteroatoms. The summed E-state index contributed by atoms with van der Waals surface area (Å²) in [6, 6.07) is 1.80. The maximum atomic E-state index is 11.5. The Morgan fingerprint density at radius 1 is 1.41 bits per heavy atom. The highest BCUT2D eigenvalue weighted by Gasteiger charge is 2.09. The number of rotatable bonds is 8. The monoisotopic (exact) mass is 241 g/mol. The Bertz CT molecular complexity index is 291. The first-order valence-electron chi connectivity index (χ1n) is 5.55. The van der Waals surface area contributed by atoms with E-state index in [9.17, 15) is 4.79 Å². The number of nitrogens with one attached hydrogen (secondary N) is 1. The Labute approximate surface area is 101 Å². The van der Waals surface area contributed by atoms with Crippen LogP contribution in [-0.4, -0.2) is 53.9 Å². The number of carbonyl (C=O) groups is 1. The number of aliphatic hydroxyl groups excluding tert-OH is 2. The van der Waals surface area contributed by atoms with Crippen molar-refractivity contribution in [1.29, 1.82) is 5.26 Å². The molecule has 0 aromatic carbocycles. The lowest BCUT2D eigenvalue weighted by Gasteiger charge is -2.18. The van der Waals surface area contributed by atoms with Gasteiger partial charge in [0.05, 0.1) is 13.2 Å². The molecule has 0 spiro atoms. The van der Waals surface area contributed by atoms with Crippen LogP contribution in [0.25, 0.3) is 0 Å². The smallest absolute Gasteiger partial charge is 0.263 e. The molecule has 0 aliphatic heterocycles. The van der Waals surface area contributed by atoms with Gasteiger partial charge in [-0.2, -0.15) is 5.26 Å². The number of hydrogen-bond donors (Lipinski definition) is 3. The standard InChI is InChI=1S/C11H19N3O3/c1-2-3-13-11(17)10(8-12)9-14(4-6-15)5-7-16/h9,15-16H,2-7H2,1H3,(H,13,17)/b10-9-. The van der Waals surface area contributed by atoms with Crippen molar-refractivity contribution in [1.82, 2.24) is 10.2 Å². The molecule has 0 saturated heterocycles. The molecule has 17 heavy (non-hydrogen) atoms. The van der Waals surface area contributed by atoms with Gasteiger partial charge in [0, 0.05) is 25.8 Å². The van der Waals surface area contributed by atoms with E-state index in [-0.39, 0.29) is 31.9 Å². The van der Waals surface area contributed by atoms with E-state index in [0.29, 0.717) is 6.54 Å². The molecule has 0 heterocycles. The van der Waals surface area contributed by atoms with Crippen LogP contribution in [0.3, 0.4) is 0 Å². The van der Waals surface area contributed by atoms with Crippen LogP contribution in [0.1, 0.15) is 13.3 Å². The van der Waals surface area contributed by atoms with Gasteiger partial charge in [0.15, 0.2) is 0 Å². The largest absolute Gasteiger partial charge is 0.395 e. The number of aliphatic hydroxyl groups is 2. The van der Waals surface area contributed by atoms with E-state index in [1.807, 2.05) is 6.92 Å². The number of carbonyl (C=O) groups excluding carboxylic acids is 1. The summed E-state index contributed by atoms with van der Waals surface area (Å²) in [5, 5.41) is 29.0. The summed E-state index contributed by atoms with van der Waals surface area (Å²) in [5.41, 5.74) is -0.0275. The Balaban J connectivity index is 4.58. The van der Waals surface area contributed by atoms with Crippen molar-refractivity contribution in [2.24, 2.45) is 0 Å². The van der Waals surface area contributed by atoms with Crippen LogP contribution < -0.4 is 5.32 Å². The summed E-state index contributed by atoms with van der Waals surface area (Å²) < 4.78 is 0. The molecule has 0 atom stereocenters. The molecule has 0 aliphatic rings. The minimum Gasteiger partial charge on any atom is -0.395 e. The molecule has 96 valence electrons. The summed E-state index contributed by atoms with van der Waals surface area (Å²) in [7, 11) is 0. The molecule has 0 saturated carbocycles. The van der Waals surface area contributed by atoms with Gasteiger partial charge in [-0.1, -0.05) is 6.92 Å². The molecule has 0 aromatic rings. The highest BCUT2D eigenvalue weighted by Crippen LogP contribution is 1.98. The average Bonchev–Trinajstić information content (AvgIpc) is 2.33. The molecule has 6 nitrogen and oxygen atoms in total. The maximum absolute atomic E-state index is 11.5. The van der Waals surface area contributed by atoms with E-state index >= 15 is 0 Å². The molecular formula is C11H19N3O3. The van der Waals surface area contributed by atoms with Crippen molar-refractivity contribution in [2.45, 2.75) is 13.3 Å². The molecule has 0 aliphatic carbocycles. The predicted octanol–water partition coefficient (Wildman–Crippen LogP) is -0.793. The summed E-state index contributed by atoms with van der Waals surface area (Å²) in [6.07, 6.45) is 2.15. The van der Waals surface area contributed by atoms with Crippen molar-refractivity contribution in [3.8, 4) is 6.07 Å². The van der Waals surface area contributed by atoms with Gasteiger partial charge in [-0.25, -0.2) is 0 Å². The number of nitriles is 1. The normalized spacial score (nSPS) is 10.8. The van der Waals surface area contributed by atoms with E-state index in [2.05, 4.69) is 5.32 Å². The van der Waals surface area contributed by atoms with E-state index in [1.165, 1.54) is 11.1 Å². The summed E-state index contributed by atoms with van der Waals surface area (Å²) >= 11 is 0. The van der Waals surface area contributed by atoms with Crippen LogP contribution in [0.15, 0.2) is 11.8 Å². The Kier molecular flexibility index (Phi) is 8.74. The van der Waals surface area contributed by atoms with Crippen molar-refractivity contribution in [2.75, 3.05) is 32.8 Å². The lowest BCUT2D eigenvalue weighted by molar-refractivity contribution is -0.117. The fourth-order valence-corrected chi connectivity index (χ4v) is 1.15. The fraction of sp³-hybridized carbons (Fsp3) is 0.636. The first-order valence-corrected chi connectivity index (χ1v) is 5.55. The van der Waals surface area contributed by atoms with Gasteiger partial charge in [0.2, 0.25) is 0 Å². The molecule has 0 radical (unpaired) electrons. The second-order valence-corrected chi connectivity index (χ2v) is 3.39. The van der Waals surface area contributed by atoms with Gasteiger partial charge >= 0.3 is 0 Å². The Hall–Kier alpha value is -1.58. The van der Waals surface area contributed by atoms with Gasteiger partial charge in [0.25, 0.3) is 5.91 Å². The third-order valence-corrected chi connectivity index (χ3v) is 1.99. The second-order valence-electron chi connectivity index (χ2n) is 3.39. The minimum absolute atomic E-state index is 0.0275. The van der Waals surface area contributed by atoms with Gasteiger partial charge in [-0.3, -0.25) is 4.79 Å². The zero-order chi connectivity index (χ0) is 13.1. The molecule has 0 unspecified atom stereocenters. The quantitative estimate of drug-likeness (QED) is 0.382. The van der Waals surface area contributed by atoms with E-state index in [0.717, 1.165) is 6.42 Å². The lowest BCUT2D eigenvalue weighted by Crippen LogP contribution is -2.29. The highest BCUT2D eigenvalue weighted by molar-refractivity contribution is 5.97. The predicted molar refractivity (Wildman–Crippen MR) is 62.7 cm³/mol. The van der Waals surface area contributed by atoms with Crippen LogP contribution in [0, 0.1) is 11.3 Å². The maximum Gasteiger partial charge on any atom is 0.263 e. The number of nitrogens with zero attached hydrogens (tertiary/aromatic N) is 2. The Morgan fingerprint density at radius 2 is 2.00 bits per heavy atom. The van der Waals surface area contributed by atoms with Crippen LogP contribution >= 0.6 is 0 Å². The molecule has 3 N–H and O–H groups in total. The van der Waals surface area contributed by atoms with E-state index in [4.69, 9.17) is 15.5 Å². The van der Waals surface area contributed by atoms with E-state index in [1.54, 1.807) is 6.07 Å². The first-order chi connectivity index (χ1) is 8.19. The topological polar surface area (TPSA) is 96.6 Å². The van der Waals surface area contributed by atoms with Crippen LogP contribution in [0.5, 0.6) is 0 Å².